The number of amides is 2. The molecule has 0 unspecified atom stereocenters. The number of nitrogens with one attached hydrogen (secondary N) is 2. The molecule has 0 atom stereocenters. The SMILES string of the molecule is Nc1ccccc1NC(=O)c1cccc(O)c1C(=O)Nc1ccccc1N. The van der Waals surface area contributed by atoms with Gasteiger partial charge in [-0.2, -0.15) is 0 Å². The molecule has 0 heterocycles. The zero-order valence-corrected chi connectivity index (χ0v) is 14.3. The Morgan fingerprint density at radius 2 is 1.22 bits per heavy atom. The first-order valence-electron chi connectivity index (χ1n) is 8.11. The minimum atomic E-state index is -0.655. The largest absolute Gasteiger partial charge is 0.507 e. The van der Waals surface area contributed by atoms with E-state index in [1.54, 1.807) is 48.5 Å². The van der Waals surface area contributed by atoms with Crippen molar-refractivity contribution in [1.82, 2.24) is 0 Å². The minimum absolute atomic E-state index is 0.00487. The number of phenols is 1. The van der Waals surface area contributed by atoms with E-state index in [9.17, 15) is 14.7 Å². The van der Waals surface area contributed by atoms with Crippen molar-refractivity contribution < 1.29 is 14.7 Å². The monoisotopic (exact) mass is 362 g/mol. The van der Waals surface area contributed by atoms with Crippen LogP contribution < -0.4 is 22.1 Å². The van der Waals surface area contributed by atoms with Crippen LogP contribution >= 0.6 is 0 Å². The topological polar surface area (TPSA) is 130 Å². The molecule has 3 aromatic carbocycles. The molecule has 0 fully saturated rings. The van der Waals surface area contributed by atoms with Crippen molar-refractivity contribution in [2.75, 3.05) is 22.1 Å². The lowest BCUT2D eigenvalue weighted by Gasteiger charge is -2.14. The molecule has 136 valence electrons. The predicted octanol–water partition coefficient (Wildman–Crippen LogP) is 3.06. The van der Waals surface area contributed by atoms with Crippen LogP contribution in [0.2, 0.25) is 0 Å². The van der Waals surface area contributed by atoms with E-state index in [2.05, 4.69) is 10.6 Å². The van der Waals surface area contributed by atoms with Crippen LogP contribution in [0.15, 0.2) is 66.7 Å². The Balaban J connectivity index is 1.92. The van der Waals surface area contributed by atoms with Gasteiger partial charge in [-0.3, -0.25) is 9.59 Å². The molecule has 0 spiro atoms. The molecule has 0 saturated heterocycles. The highest BCUT2D eigenvalue weighted by Crippen LogP contribution is 2.26. The Morgan fingerprint density at radius 1 is 0.704 bits per heavy atom. The number of para-hydroxylation sites is 4. The molecule has 0 radical (unpaired) electrons. The Hall–Kier alpha value is -4.00. The first-order valence-corrected chi connectivity index (χ1v) is 8.11. The van der Waals surface area contributed by atoms with Crippen LogP contribution in [-0.4, -0.2) is 16.9 Å². The Morgan fingerprint density at radius 3 is 1.78 bits per heavy atom. The van der Waals surface area contributed by atoms with Crippen molar-refractivity contribution in [1.29, 1.82) is 0 Å². The fourth-order valence-corrected chi connectivity index (χ4v) is 2.56. The second-order valence-corrected chi connectivity index (χ2v) is 5.78. The van der Waals surface area contributed by atoms with Crippen molar-refractivity contribution in [3.05, 3.63) is 77.9 Å². The number of carbonyl (C=O) groups excluding carboxylic acids is 2. The quantitative estimate of drug-likeness (QED) is 0.455. The van der Waals surface area contributed by atoms with Crippen LogP contribution in [0.3, 0.4) is 0 Å². The van der Waals surface area contributed by atoms with Gasteiger partial charge in [0.2, 0.25) is 0 Å². The summed E-state index contributed by atoms with van der Waals surface area (Å²) in [6.07, 6.45) is 0. The second kappa shape index (κ2) is 7.49. The van der Waals surface area contributed by atoms with Gasteiger partial charge in [0, 0.05) is 0 Å². The van der Waals surface area contributed by atoms with Gasteiger partial charge in [-0.25, -0.2) is 0 Å². The number of benzene rings is 3. The Kier molecular flexibility index (Phi) is 4.94. The molecule has 0 aliphatic rings. The summed E-state index contributed by atoms with van der Waals surface area (Å²) in [6.45, 7) is 0. The van der Waals surface area contributed by atoms with E-state index in [-0.39, 0.29) is 16.9 Å². The zero-order chi connectivity index (χ0) is 19.4. The Bertz CT molecular complexity index is 1020. The van der Waals surface area contributed by atoms with Gasteiger partial charge in [0.25, 0.3) is 11.8 Å². The molecule has 0 aromatic heterocycles. The highest BCUT2D eigenvalue weighted by molar-refractivity contribution is 6.17. The molecular weight excluding hydrogens is 344 g/mol. The van der Waals surface area contributed by atoms with E-state index in [1.807, 2.05) is 0 Å². The number of aromatic hydroxyl groups is 1. The number of carbonyl (C=O) groups is 2. The minimum Gasteiger partial charge on any atom is -0.507 e. The summed E-state index contributed by atoms with van der Waals surface area (Å²) < 4.78 is 0. The fraction of sp³-hybridized carbons (Fsp3) is 0. The molecule has 0 aliphatic carbocycles. The summed E-state index contributed by atoms with van der Waals surface area (Å²) in [7, 11) is 0. The smallest absolute Gasteiger partial charge is 0.260 e. The van der Waals surface area contributed by atoms with E-state index < -0.39 is 11.8 Å². The maximum absolute atomic E-state index is 12.7. The molecule has 0 aliphatic heterocycles. The highest BCUT2D eigenvalue weighted by atomic mass is 16.3. The van der Waals surface area contributed by atoms with E-state index in [0.29, 0.717) is 22.7 Å². The third kappa shape index (κ3) is 3.82. The maximum Gasteiger partial charge on any atom is 0.260 e. The number of hydrogen-bond acceptors (Lipinski definition) is 5. The van der Waals surface area contributed by atoms with Gasteiger partial charge in [-0.15, -0.1) is 0 Å². The first kappa shape index (κ1) is 17.8. The van der Waals surface area contributed by atoms with Crippen molar-refractivity contribution in [2.45, 2.75) is 0 Å². The number of nitrogens with two attached hydrogens (primary N) is 2. The average Bonchev–Trinajstić information content (AvgIpc) is 2.65. The molecule has 7 heteroatoms. The van der Waals surface area contributed by atoms with Gasteiger partial charge in [0.1, 0.15) is 5.75 Å². The molecule has 3 aromatic rings. The van der Waals surface area contributed by atoms with Crippen LogP contribution in [0.1, 0.15) is 20.7 Å². The van der Waals surface area contributed by atoms with E-state index >= 15 is 0 Å². The summed E-state index contributed by atoms with van der Waals surface area (Å²) in [5, 5.41) is 15.4. The summed E-state index contributed by atoms with van der Waals surface area (Å²) in [5.41, 5.74) is 13.0. The van der Waals surface area contributed by atoms with Gasteiger partial charge >= 0.3 is 0 Å². The van der Waals surface area contributed by atoms with Gasteiger partial charge in [0.15, 0.2) is 0 Å². The third-order valence-electron chi connectivity index (χ3n) is 3.93. The lowest BCUT2D eigenvalue weighted by Crippen LogP contribution is -2.21. The standard InChI is InChI=1S/C20H18N4O3/c21-13-7-1-3-9-15(13)23-19(26)12-6-5-11-17(25)18(12)20(27)24-16-10-4-2-8-14(16)22/h1-11,25H,21-22H2,(H,23,26)(H,24,27). The number of rotatable bonds is 4. The second-order valence-electron chi connectivity index (χ2n) is 5.78. The van der Waals surface area contributed by atoms with Gasteiger partial charge < -0.3 is 27.2 Å². The van der Waals surface area contributed by atoms with Crippen LogP contribution in [-0.2, 0) is 0 Å². The van der Waals surface area contributed by atoms with E-state index in [0.717, 1.165) is 0 Å². The zero-order valence-electron chi connectivity index (χ0n) is 14.3. The van der Waals surface area contributed by atoms with Crippen molar-refractivity contribution >= 4 is 34.6 Å². The lowest BCUT2D eigenvalue weighted by atomic mass is 10.0. The summed E-state index contributed by atoms with van der Waals surface area (Å²) in [4.78, 5) is 25.4. The van der Waals surface area contributed by atoms with Crippen LogP contribution in [0.5, 0.6) is 5.75 Å². The van der Waals surface area contributed by atoms with Crippen LogP contribution in [0.25, 0.3) is 0 Å². The number of nitrogen functional groups attached to an aromatic ring is 2. The summed E-state index contributed by atoms with van der Waals surface area (Å²) in [5.74, 6) is -1.55. The molecule has 0 saturated carbocycles. The highest BCUT2D eigenvalue weighted by Gasteiger charge is 2.22. The number of anilines is 4. The first-order chi connectivity index (χ1) is 13.0. The van der Waals surface area contributed by atoms with Crippen molar-refractivity contribution in [3.8, 4) is 5.75 Å². The van der Waals surface area contributed by atoms with E-state index in [4.69, 9.17) is 11.5 Å². The molecule has 7 nitrogen and oxygen atoms in total. The molecular formula is C20H18N4O3. The predicted molar refractivity (Wildman–Crippen MR) is 106 cm³/mol. The lowest BCUT2D eigenvalue weighted by molar-refractivity contribution is 0.0988. The molecule has 27 heavy (non-hydrogen) atoms. The van der Waals surface area contributed by atoms with Gasteiger partial charge in [0.05, 0.1) is 33.9 Å². The van der Waals surface area contributed by atoms with Gasteiger partial charge in [-0.1, -0.05) is 30.3 Å². The number of hydrogen-bond donors (Lipinski definition) is 5. The average molecular weight is 362 g/mol. The summed E-state index contributed by atoms with van der Waals surface area (Å²) >= 11 is 0. The fourth-order valence-electron chi connectivity index (χ4n) is 2.56. The normalized spacial score (nSPS) is 10.2. The van der Waals surface area contributed by atoms with Crippen molar-refractivity contribution in [2.24, 2.45) is 0 Å². The summed E-state index contributed by atoms with van der Waals surface area (Å²) in [6, 6.07) is 17.7. The van der Waals surface area contributed by atoms with Crippen LogP contribution in [0, 0.1) is 0 Å². The van der Waals surface area contributed by atoms with E-state index in [1.165, 1.54) is 18.2 Å². The third-order valence-corrected chi connectivity index (χ3v) is 3.93. The number of phenolic OH excluding ortho intramolecular Hbond substituents is 1. The molecule has 3 rings (SSSR count). The Labute approximate surface area is 155 Å². The van der Waals surface area contributed by atoms with Crippen LogP contribution in [0.4, 0.5) is 22.7 Å². The maximum atomic E-state index is 12.7. The molecule has 0 bridgehead atoms. The van der Waals surface area contributed by atoms with Crippen molar-refractivity contribution in [3.63, 3.8) is 0 Å². The van der Waals surface area contributed by atoms with Gasteiger partial charge in [-0.05, 0) is 36.4 Å². The molecule has 2 amide bonds. The molecule has 7 N–H and O–H groups in total.